The molecule has 0 aliphatic carbocycles. The molecular weight excluding hydrogens is 346 g/mol. The minimum absolute atomic E-state index is 0.348. The van der Waals surface area contributed by atoms with Crippen LogP contribution in [0.5, 0.6) is 0 Å². The quantitative estimate of drug-likeness (QED) is 0.766. The van der Waals surface area contributed by atoms with E-state index in [4.69, 9.17) is 10.7 Å². The molecule has 3 aromatic heterocycles. The summed E-state index contributed by atoms with van der Waals surface area (Å²) in [5, 5.41) is 12.3. The summed E-state index contributed by atoms with van der Waals surface area (Å²) < 4.78 is 1.91. The first-order valence-electron chi connectivity index (χ1n) is 8.46. The van der Waals surface area contributed by atoms with E-state index in [0.717, 1.165) is 23.9 Å². The maximum absolute atomic E-state index is 9.60. The second-order valence-electron chi connectivity index (χ2n) is 6.64. The molecule has 4 rings (SSSR count). The molecule has 1 aliphatic heterocycles. The lowest BCUT2D eigenvalue weighted by Crippen LogP contribution is -2.19. The number of nitrogen functional groups attached to an aromatic ring is 1. The van der Waals surface area contributed by atoms with Crippen LogP contribution in [0.1, 0.15) is 18.9 Å². The van der Waals surface area contributed by atoms with Crippen molar-refractivity contribution in [2.75, 3.05) is 23.7 Å². The summed E-state index contributed by atoms with van der Waals surface area (Å²) in [6.45, 7) is 4.24. The van der Waals surface area contributed by atoms with Gasteiger partial charge in [-0.1, -0.05) is 6.92 Å². The molecule has 26 heavy (non-hydrogen) atoms. The monoisotopic (exact) mass is 365 g/mol. The van der Waals surface area contributed by atoms with Crippen molar-refractivity contribution in [2.45, 2.75) is 13.3 Å². The number of rotatable bonds is 3. The first-order valence-corrected chi connectivity index (χ1v) is 9.34. The van der Waals surface area contributed by atoms with Crippen molar-refractivity contribution in [1.82, 2.24) is 19.5 Å². The molecule has 0 radical (unpaired) electrons. The van der Waals surface area contributed by atoms with Crippen molar-refractivity contribution in [3.8, 4) is 28.3 Å². The van der Waals surface area contributed by atoms with Crippen LogP contribution in [0.15, 0.2) is 23.8 Å². The Morgan fingerprint density at radius 1 is 1.38 bits per heavy atom. The van der Waals surface area contributed by atoms with E-state index >= 15 is 0 Å². The SMILES string of the molecule is CC1CCN(c2cn(C)c(-c3nc(-c4nccs4)cc(N)c3C#N)n2)C1. The second kappa shape index (κ2) is 6.42. The highest BCUT2D eigenvalue weighted by Crippen LogP contribution is 2.32. The van der Waals surface area contributed by atoms with Gasteiger partial charge in [0.05, 0.1) is 5.69 Å². The number of nitrogens with zero attached hydrogens (tertiary/aromatic N) is 6. The summed E-state index contributed by atoms with van der Waals surface area (Å²) >= 11 is 1.48. The molecule has 0 bridgehead atoms. The zero-order chi connectivity index (χ0) is 18.3. The van der Waals surface area contributed by atoms with E-state index in [1.165, 1.54) is 17.8 Å². The van der Waals surface area contributed by atoms with E-state index < -0.39 is 0 Å². The van der Waals surface area contributed by atoms with Gasteiger partial charge in [-0.05, 0) is 18.4 Å². The standard InChI is InChI=1S/C18H19N7S/c1-11-3-5-25(9-11)15-10-24(2)17(23-15)16-12(8-19)13(20)7-14(22-16)18-21-4-6-26-18/h4,6-7,10-11H,3,5,9H2,1-2H3,(H2,20,22). The number of pyridine rings is 1. The number of nitrogens with two attached hydrogens (primary N) is 1. The molecular formula is C18H19N7S. The largest absolute Gasteiger partial charge is 0.398 e. The summed E-state index contributed by atoms with van der Waals surface area (Å²) in [5.41, 5.74) is 8.04. The summed E-state index contributed by atoms with van der Waals surface area (Å²) in [6, 6.07) is 3.88. The number of anilines is 2. The lowest BCUT2D eigenvalue weighted by atomic mass is 10.1. The topological polar surface area (TPSA) is 96.6 Å². The van der Waals surface area contributed by atoms with E-state index in [1.807, 2.05) is 23.2 Å². The highest BCUT2D eigenvalue weighted by molar-refractivity contribution is 7.13. The molecule has 0 amide bonds. The normalized spacial score (nSPS) is 16.8. The van der Waals surface area contributed by atoms with Crippen LogP contribution in [0.25, 0.3) is 22.2 Å². The molecule has 1 atom stereocenters. The van der Waals surface area contributed by atoms with E-state index in [9.17, 15) is 5.26 Å². The van der Waals surface area contributed by atoms with Gasteiger partial charge in [-0.3, -0.25) is 0 Å². The van der Waals surface area contributed by atoms with Gasteiger partial charge in [0, 0.05) is 37.9 Å². The number of hydrogen-bond acceptors (Lipinski definition) is 7. The van der Waals surface area contributed by atoms with Gasteiger partial charge in [0.2, 0.25) is 0 Å². The second-order valence-corrected chi connectivity index (χ2v) is 7.54. The van der Waals surface area contributed by atoms with Gasteiger partial charge in [0.1, 0.15) is 33.8 Å². The Balaban J connectivity index is 1.82. The molecule has 0 spiro atoms. The molecule has 3 aromatic rings. The highest BCUT2D eigenvalue weighted by Gasteiger charge is 2.24. The fraction of sp³-hybridized carbons (Fsp3) is 0.333. The van der Waals surface area contributed by atoms with Crippen LogP contribution in [-0.4, -0.2) is 32.6 Å². The van der Waals surface area contributed by atoms with Crippen molar-refractivity contribution in [1.29, 1.82) is 5.26 Å². The first kappa shape index (κ1) is 16.5. The summed E-state index contributed by atoms with van der Waals surface area (Å²) in [7, 11) is 1.92. The van der Waals surface area contributed by atoms with E-state index in [-0.39, 0.29) is 0 Å². The van der Waals surface area contributed by atoms with Crippen LogP contribution >= 0.6 is 11.3 Å². The van der Waals surface area contributed by atoms with Gasteiger partial charge < -0.3 is 15.2 Å². The van der Waals surface area contributed by atoms with E-state index in [0.29, 0.717) is 34.4 Å². The third-order valence-corrected chi connectivity index (χ3v) is 5.43. The van der Waals surface area contributed by atoms with Crippen LogP contribution in [-0.2, 0) is 7.05 Å². The summed E-state index contributed by atoms with van der Waals surface area (Å²) in [4.78, 5) is 16.0. The first-order chi connectivity index (χ1) is 12.6. The highest BCUT2D eigenvalue weighted by atomic mass is 32.1. The van der Waals surface area contributed by atoms with Crippen LogP contribution in [0.2, 0.25) is 0 Å². The van der Waals surface area contributed by atoms with Gasteiger partial charge in [-0.25, -0.2) is 15.0 Å². The minimum atomic E-state index is 0.348. The van der Waals surface area contributed by atoms with Gasteiger partial charge in [-0.2, -0.15) is 5.26 Å². The summed E-state index contributed by atoms with van der Waals surface area (Å²) in [6.07, 6.45) is 4.88. The van der Waals surface area contributed by atoms with Gasteiger partial charge in [0.15, 0.2) is 5.82 Å². The Morgan fingerprint density at radius 3 is 2.88 bits per heavy atom. The Morgan fingerprint density at radius 2 is 2.23 bits per heavy atom. The van der Waals surface area contributed by atoms with Crippen molar-refractivity contribution in [3.05, 3.63) is 29.4 Å². The van der Waals surface area contributed by atoms with Gasteiger partial charge >= 0.3 is 0 Å². The predicted octanol–water partition coefficient (Wildman–Crippen LogP) is 2.91. The molecule has 1 saturated heterocycles. The van der Waals surface area contributed by atoms with Crippen molar-refractivity contribution >= 4 is 22.8 Å². The predicted molar refractivity (Wildman–Crippen MR) is 103 cm³/mol. The molecule has 7 nitrogen and oxygen atoms in total. The fourth-order valence-electron chi connectivity index (χ4n) is 3.27. The Labute approximate surface area is 155 Å². The lowest BCUT2D eigenvalue weighted by Gasteiger charge is -2.13. The van der Waals surface area contributed by atoms with Crippen LogP contribution in [0, 0.1) is 17.2 Å². The van der Waals surface area contributed by atoms with Crippen LogP contribution < -0.4 is 10.6 Å². The Bertz CT molecular complexity index is 984. The summed E-state index contributed by atoms with van der Waals surface area (Å²) in [5.74, 6) is 2.22. The third-order valence-electron chi connectivity index (χ3n) is 4.64. The number of thiazole rings is 1. The van der Waals surface area contributed by atoms with Crippen molar-refractivity contribution in [2.24, 2.45) is 13.0 Å². The zero-order valence-electron chi connectivity index (χ0n) is 14.7. The molecule has 132 valence electrons. The average Bonchev–Trinajstić information content (AvgIpc) is 3.34. The number of hydrogen-bond donors (Lipinski definition) is 1. The molecule has 8 heteroatoms. The Kier molecular flexibility index (Phi) is 4.09. The maximum atomic E-state index is 9.60. The third kappa shape index (κ3) is 2.80. The van der Waals surface area contributed by atoms with Crippen LogP contribution in [0.3, 0.4) is 0 Å². The average molecular weight is 365 g/mol. The minimum Gasteiger partial charge on any atom is -0.398 e. The van der Waals surface area contributed by atoms with Gasteiger partial charge in [0.25, 0.3) is 0 Å². The molecule has 2 N–H and O–H groups in total. The smallest absolute Gasteiger partial charge is 0.162 e. The molecule has 1 aliphatic rings. The molecule has 0 saturated carbocycles. The van der Waals surface area contributed by atoms with Crippen LogP contribution in [0.4, 0.5) is 11.5 Å². The molecule has 0 aromatic carbocycles. The lowest BCUT2D eigenvalue weighted by molar-refractivity contribution is 0.659. The fourth-order valence-corrected chi connectivity index (χ4v) is 3.87. The number of aromatic nitrogens is 4. The molecule has 4 heterocycles. The number of imidazole rings is 1. The maximum Gasteiger partial charge on any atom is 0.162 e. The molecule has 1 fully saturated rings. The van der Waals surface area contributed by atoms with E-state index in [2.05, 4.69) is 27.9 Å². The van der Waals surface area contributed by atoms with Crippen molar-refractivity contribution in [3.63, 3.8) is 0 Å². The zero-order valence-corrected chi connectivity index (χ0v) is 15.5. The Hall–Kier alpha value is -2.92. The van der Waals surface area contributed by atoms with E-state index in [1.54, 1.807) is 12.3 Å². The molecule has 1 unspecified atom stereocenters. The van der Waals surface area contributed by atoms with Gasteiger partial charge in [-0.15, -0.1) is 11.3 Å². The number of aryl methyl sites for hydroxylation is 1. The number of nitriles is 1. The van der Waals surface area contributed by atoms with Crippen molar-refractivity contribution < 1.29 is 0 Å².